The van der Waals surface area contributed by atoms with Crippen molar-refractivity contribution in [2.45, 2.75) is 12.8 Å². The third-order valence-electron chi connectivity index (χ3n) is 3.61. The number of carbonyl (C=O) groups is 1. The van der Waals surface area contributed by atoms with Crippen LogP contribution >= 0.6 is 15.9 Å². The Morgan fingerprint density at radius 1 is 1.23 bits per heavy atom. The third-order valence-corrected chi connectivity index (χ3v) is 4.27. The first-order chi connectivity index (χ1) is 10.6. The number of benzene rings is 1. The van der Waals surface area contributed by atoms with Gasteiger partial charge in [0.2, 0.25) is 0 Å². The molecule has 1 aliphatic heterocycles. The zero-order chi connectivity index (χ0) is 15.5. The number of pyridine rings is 1. The van der Waals surface area contributed by atoms with Crippen LogP contribution in [0.15, 0.2) is 41.0 Å². The summed E-state index contributed by atoms with van der Waals surface area (Å²) in [5.74, 6) is 0.237. The van der Waals surface area contributed by atoms with Crippen LogP contribution in [0, 0.1) is 5.82 Å². The van der Waals surface area contributed by atoms with E-state index in [1.165, 1.54) is 31.0 Å². The van der Waals surface area contributed by atoms with Gasteiger partial charge in [-0.05, 0) is 59.1 Å². The normalized spacial score (nSPS) is 14.2. The molecule has 1 amide bonds. The number of nitrogens with zero attached hydrogens (tertiary/aromatic N) is 2. The Hall–Kier alpha value is -1.95. The van der Waals surface area contributed by atoms with Gasteiger partial charge in [0.1, 0.15) is 11.6 Å². The Bertz CT molecular complexity index is 684. The number of nitrogens with one attached hydrogen (secondary N) is 1. The molecule has 0 atom stereocenters. The lowest BCUT2D eigenvalue weighted by Crippen LogP contribution is -2.19. The lowest BCUT2D eigenvalue weighted by atomic mass is 10.2. The smallest absolute Gasteiger partial charge is 0.256 e. The predicted octanol–water partition coefficient (Wildman–Crippen LogP) is 3.84. The molecule has 0 bridgehead atoms. The molecule has 4 nitrogen and oxygen atoms in total. The number of amides is 1. The van der Waals surface area contributed by atoms with Crippen molar-refractivity contribution in [1.82, 2.24) is 4.98 Å². The van der Waals surface area contributed by atoms with E-state index in [0.717, 1.165) is 18.9 Å². The van der Waals surface area contributed by atoms with E-state index in [-0.39, 0.29) is 11.7 Å². The highest BCUT2D eigenvalue weighted by atomic mass is 79.9. The largest absolute Gasteiger partial charge is 0.357 e. The maximum atomic E-state index is 13.1. The molecule has 2 heterocycles. The molecule has 0 unspecified atom stereocenters. The molecule has 1 N–H and O–H groups in total. The van der Waals surface area contributed by atoms with E-state index < -0.39 is 0 Å². The lowest BCUT2D eigenvalue weighted by Gasteiger charge is -2.16. The van der Waals surface area contributed by atoms with Gasteiger partial charge in [-0.15, -0.1) is 0 Å². The van der Waals surface area contributed by atoms with Gasteiger partial charge in [0.25, 0.3) is 5.91 Å². The molecule has 0 radical (unpaired) electrons. The molecule has 1 aromatic heterocycles. The molecule has 0 aliphatic carbocycles. The molecular formula is C16H15BrFN3O. The van der Waals surface area contributed by atoms with Crippen LogP contribution in [0.2, 0.25) is 0 Å². The van der Waals surface area contributed by atoms with Crippen LogP contribution < -0.4 is 10.2 Å². The van der Waals surface area contributed by atoms with Crippen molar-refractivity contribution in [3.8, 4) is 0 Å². The Kier molecular flexibility index (Phi) is 4.38. The Labute approximate surface area is 136 Å². The number of halogens is 2. The van der Waals surface area contributed by atoms with Gasteiger partial charge >= 0.3 is 0 Å². The van der Waals surface area contributed by atoms with E-state index in [2.05, 4.69) is 31.1 Å². The van der Waals surface area contributed by atoms with E-state index in [0.29, 0.717) is 15.7 Å². The molecular weight excluding hydrogens is 349 g/mol. The minimum Gasteiger partial charge on any atom is -0.357 e. The van der Waals surface area contributed by atoms with Gasteiger partial charge in [-0.1, -0.05) is 0 Å². The van der Waals surface area contributed by atoms with Gasteiger partial charge in [-0.2, -0.15) is 0 Å². The molecule has 1 aromatic carbocycles. The standard InChI is InChI=1S/C16H15BrFN3O/c17-14-9-11(18)3-5-13(14)16(22)20-12-4-6-15(19-10-12)21-7-1-2-8-21/h3-6,9-10H,1-2,7-8H2,(H,20,22). The molecule has 0 spiro atoms. The van der Waals surface area contributed by atoms with Crippen LogP contribution in [-0.4, -0.2) is 24.0 Å². The van der Waals surface area contributed by atoms with E-state index in [4.69, 9.17) is 0 Å². The quantitative estimate of drug-likeness (QED) is 0.900. The molecule has 2 aromatic rings. The minimum absolute atomic E-state index is 0.303. The molecule has 22 heavy (non-hydrogen) atoms. The molecule has 0 saturated carbocycles. The second-order valence-electron chi connectivity index (χ2n) is 5.18. The van der Waals surface area contributed by atoms with Gasteiger partial charge in [-0.3, -0.25) is 4.79 Å². The van der Waals surface area contributed by atoms with Crippen LogP contribution in [0.4, 0.5) is 15.9 Å². The highest BCUT2D eigenvalue weighted by molar-refractivity contribution is 9.10. The van der Waals surface area contributed by atoms with Gasteiger partial charge in [0, 0.05) is 17.6 Å². The second-order valence-corrected chi connectivity index (χ2v) is 6.03. The summed E-state index contributed by atoms with van der Waals surface area (Å²) in [5, 5.41) is 2.76. The van der Waals surface area contributed by atoms with Crippen LogP contribution in [0.5, 0.6) is 0 Å². The first-order valence-corrected chi connectivity index (χ1v) is 7.90. The summed E-state index contributed by atoms with van der Waals surface area (Å²) in [7, 11) is 0. The lowest BCUT2D eigenvalue weighted by molar-refractivity contribution is 0.102. The fraction of sp³-hybridized carbons (Fsp3) is 0.250. The molecule has 1 aliphatic rings. The van der Waals surface area contributed by atoms with Gasteiger partial charge in [-0.25, -0.2) is 9.37 Å². The first kappa shape index (κ1) is 15.0. The van der Waals surface area contributed by atoms with Gasteiger partial charge in [0.15, 0.2) is 0 Å². The van der Waals surface area contributed by atoms with Gasteiger partial charge in [0.05, 0.1) is 17.4 Å². The zero-order valence-electron chi connectivity index (χ0n) is 11.9. The summed E-state index contributed by atoms with van der Waals surface area (Å²) < 4.78 is 13.5. The summed E-state index contributed by atoms with van der Waals surface area (Å²) in [4.78, 5) is 18.8. The van der Waals surface area contributed by atoms with Crippen LogP contribution in [-0.2, 0) is 0 Å². The molecule has 114 valence electrons. The average Bonchev–Trinajstić information content (AvgIpc) is 3.02. The zero-order valence-corrected chi connectivity index (χ0v) is 13.4. The van der Waals surface area contributed by atoms with Crippen molar-refractivity contribution >= 4 is 33.3 Å². The van der Waals surface area contributed by atoms with Crippen molar-refractivity contribution in [3.63, 3.8) is 0 Å². The van der Waals surface area contributed by atoms with E-state index in [1.807, 2.05) is 12.1 Å². The van der Waals surface area contributed by atoms with Crippen LogP contribution in [0.1, 0.15) is 23.2 Å². The van der Waals surface area contributed by atoms with E-state index >= 15 is 0 Å². The molecule has 1 saturated heterocycles. The van der Waals surface area contributed by atoms with E-state index in [9.17, 15) is 9.18 Å². The highest BCUT2D eigenvalue weighted by Crippen LogP contribution is 2.21. The van der Waals surface area contributed by atoms with E-state index in [1.54, 1.807) is 6.20 Å². The summed E-state index contributed by atoms with van der Waals surface area (Å²) in [6, 6.07) is 7.70. The molecule has 1 fully saturated rings. The summed E-state index contributed by atoms with van der Waals surface area (Å²) >= 11 is 3.19. The van der Waals surface area contributed by atoms with Crippen molar-refractivity contribution in [2.24, 2.45) is 0 Å². The monoisotopic (exact) mass is 363 g/mol. The number of aromatic nitrogens is 1. The van der Waals surface area contributed by atoms with Crippen molar-refractivity contribution in [1.29, 1.82) is 0 Å². The fourth-order valence-electron chi connectivity index (χ4n) is 2.47. The van der Waals surface area contributed by atoms with Crippen molar-refractivity contribution in [2.75, 3.05) is 23.3 Å². The van der Waals surface area contributed by atoms with Crippen molar-refractivity contribution in [3.05, 3.63) is 52.4 Å². The predicted molar refractivity (Wildman–Crippen MR) is 87.7 cm³/mol. The van der Waals surface area contributed by atoms with Crippen LogP contribution in [0.3, 0.4) is 0 Å². The fourth-order valence-corrected chi connectivity index (χ4v) is 3.00. The summed E-state index contributed by atoms with van der Waals surface area (Å²) in [6.45, 7) is 2.06. The summed E-state index contributed by atoms with van der Waals surface area (Å²) in [6.07, 6.45) is 4.03. The number of hydrogen-bond acceptors (Lipinski definition) is 3. The first-order valence-electron chi connectivity index (χ1n) is 7.11. The molecule has 3 rings (SSSR count). The van der Waals surface area contributed by atoms with Gasteiger partial charge < -0.3 is 10.2 Å². The minimum atomic E-state index is -0.389. The maximum absolute atomic E-state index is 13.1. The summed E-state index contributed by atoms with van der Waals surface area (Å²) in [5.41, 5.74) is 0.995. The van der Waals surface area contributed by atoms with Crippen LogP contribution in [0.25, 0.3) is 0 Å². The number of hydrogen-bond donors (Lipinski definition) is 1. The second kappa shape index (κ2) is 6.44. The SMILES string of the molecule is O=C(Nc1ccc(N2CCCC2)nc1)c1ccc(F)cc1Br. The number of rotatable bonds is 3. The maximum Gasteiger partial charge on any atom is 0.256 e. The highest BCUT2D eigenvalue weighted by Gasteiger charge is 2.14. The number of carbonyl (C=O) groups excluding carboxylic acids is 1. The molecule has 6 heteroatoms. The Morgan fingerprint density at radius 3 is 2.64 bits per heavy atom. The average molecular weight is 364 g/mol. The van der Waals surface area contributed by atoms with Crippen molar-refractivity contribution < 1.29 is 9.18 Å². The third kappa shape index (κ3) is 3.27. The topological polar surface area (TPSA) is 45.2 Å². The number of anilines is 2. The Balaban J connectivity index is 1.71. The Morgan fingerprint density at radius 2 is 2.00 bits per heavy atom.